The molecule has 128 valence electrons. The molecule has 2 N–H and O–H groups in total. The second-order valence-corrected chi connectivity index (χ2v) is 5.67. The average Bonchev–Trinajstić information content (AvgIpc) is 2.68. The molecule has 0 fully saturated rings. The number of hydrogen-bond donors (Lipinski definition) is 2. The summed E-state index contributed by atoms with van der Waals surface area (Å²) < 4.78 is 0. The van der Waals surface area contributed by atoms with Crippen molar-refractivity contribution >= 4 is 29.7 Å². The Kier molecular flexibility index (Phi) is 5.25. The molecular weight excluding hydrogens is 326 g/mol. The van der Waals surface area contributed by atoms with Crippen LogP contribution in [0.2, 0.25) is 0 Å². The molecule has 0 aliphatic carbocycles. The molecule has 0 spiro atoms. The standard InChI is InChI=1S/C22H17NO3/c24-21(18-9-5-2-6-10-18)23-20-14-13-17(15-19(20)22(25)26)12-11-16-7-3-1-4-8-16/h1-15H,(H,23,24)(H,25,26). The van der Waals surface area contributed by atoms with Crippen LogP contribution < -0.4 is 5.32 Å². The third-order valence-electron chi connectivity index (χ3n) is 3.83. The van der Waals surface area contributed by atoms with Gasteiger partial charge in [0, 0.05) is 5.56 Å². The van der Waals surface area contributed by atoms with E-state index >= 15 is 0 Å². The minimum atomic E-state index is -1.09. The highest BCUT2D eigenvalue weighted by Crippen LogP contribution is 2.20. The Morgan fingerprint density at radius 3 is 2.04 bits per heavy atom. The molecule has 4 nitrogen and oxygen atoms in total. The summed E-state index contributed by atoms with van der Waals surface area (Å²) in [6.45, 7) is 0. The summed E-state index contributed by atoms with van der Waals surface area (Å²) >= 11 is 0. The summed E-state index contributed by atoms with van der Waals surface area (Å²) in [5.74, 6) is -1.44. The summed E-state index contributed by atoms with van der Waals surface area (Å²) in [6, 6.07) is 23.3. The van der Waals surface area contributed by atoms with Crippen molar-refractivity contribution in [3.05, 3.63) is 101 Å². The van der Waals surface area contributed by atoms with Gasteiger partial charge in [-0.15, -0.1) is 0 Å². The summed E-state index contributed by atoms with van der Waals surface area (Å²) in [7, 11) is 0. The van der Waals surface area contributed by atoms with Crippen LogP contribution in [-0.4, -0.2) is 17.0 Å². The van der Waals surface area contributed by atoms with E-state index in [1.54, 1.807) is 42.5 Å². The maximum atomic E-state index is 12.3. The number of anilines is 1. The summed E-state index contributed by atoms with van der Waals surface area (Å²) in [5.41, 5.74) is 2.54. The zero-order chi connectivity index (χ0) is 18.4. The fourth-order valence-corrected chi connectivity index (χ4v) is 2.49. The van der Waals surface area contributed by atoms with Crippen LogP contribution in [0.15, 0.2) is 78.9 Å². The van der Waals surface area contributed by atoms with Gasteiger partial charge in [-0.1, -0.05) is 66.7 Å². The monoisotopic (exact) mass is 343 g/mol. The number of carbonyl (C=O) groups excluding carboxylic acids is 1. The molecule has 0 aromatic heterocycles. The van der Waals surface area contributed by atoms with Crippen molar-refractivity contribution < 1.29 is 14.7 Å². The third kappa shape index (κ3) is 4.24. The first-order valence-corrected chi connectivity index (χ1v) is 8.10. The fourth-order valence-electron chi connectivity index (χ4n) is 2.49. The molecule has 0 aliphatic heterocycles. The van der Waals surface area contributed by atoms with Crippen LogP contribution in [0.3, 0.4) is 0 Å². The van der Waals surface area contributed by atoms with Crippen LogP contribution in [-0.2, 0) is 0 Å². The lowest BCUT2D eigenvalue weighted by Gasteiger charge is -2.09. The zero-order valence-corrected chi connectivity index (χ0v) is 13.9. The molecule has 0 heterocycles. The molecule has 0 radical (unpaired) electrons. The lowest BCUT2D eigenvalue weighted by Crippen LogP contribution is -2.14. The van der Waals surface area contributed by atoms with Crippen LogP contribution in [0.5, 0.6) is 0 Å². The molecule has 0 unspecified atom stereocenters. The number of rotatable bonds is 5. The molecule has 4 heteroatoms. The van der Waals surface area contributed by atoms with Crippen molar-refractivity contribution in [3.63, 3.8) is 0 Å². The quantitative estimate of drug-likeness (QED) is 0.654. The van der Waals surface area contributed by atoms with Crippen molar-refractivity contribution in [1.29, 1.82) is 0 Å². The van der Waals surface area contributed by atoms with E-state index in [1.165, 1.54) is 0 Å². The van der Waals surface area contributed by atoms with Crippen molar-refractivity contribution in [2.45, 2.75) is 0 Å². The Morgan fingerprint density at radius 1 is 0.769 bits per heavy atom. The molecule has 3 rings (SSSR count). The van der Waals surface area contributed by atoms with Crippen molar-refractivity contribution in [2.75, 3.05) is 5.32 Å². The van der Waals surface area contributed by atoms with E-state index < -0.39 is 5.97 Å². The van der Waals surface area contributed by atoms with E-state index in [-0.39, 0.29) is 17.2 Å². The van der Waals surface area contributed by atoms with E-state index in [1.807, 2.05) is 48.6 Å². The lowest BCUT2D eigenvalue weighted by atomic mass is 10.1. The zero-order valence-electron chi connectivity index (χ0n) is 13.9. The van der Waals surface area contributed by atoms with E-state index in [9.17, 15) is 14.7 Å². The number of benzene rings is 3. The van der Waals surface area contributed by atoms with Gasteiger partial charge in [0.15, 0.2) is 0 Å². The highest BCUT2D eigenvalue weighted by Gasteiger charge is 2.14. The van der Waals surface area contributed by atoms with Gasteiger partial charge in [-0.2, -0.15) is 0 Å². The first-order chi connectivity index (χ1) is 12.6. The van der Waals surface area contributed by atoms with Crippen molar-refractivity contribution in [1.82, 2.24) is 0 Å². The van der Waals surface area contributed by atoms with E-state index in [0.29, 0.717) is 5.56 Å². The lowest BCUT2D eigenvalue weighted by molar-refractivity contribution is 0.0698. The molecule has 26 heavy (non-hydrogen) atoms. The summed E-state index contributed by atoms with van der Waals surface area (Å²) in [5, 5.41) is 12.1. The molecule has 0 aliphatic rings. The Labute approximate surface area is 151 Å². The van der Waals surface area contributed by atoms with Crippen LogP contribution in [0.1, 0.15) is 31.8 Å². The van der Waals surface area contributed by atoms with Crippen LogP contribution in [0.25, 0.3) is 12.2 Å². The van der Waals surface area contributed by atoms with E-state index in [4.69, 9.17) is 0 Å². The molecule has 3 aromatic carbocycles. The SMILES string of the molecule is O=C(Nc1ccc(C=Cc2ccccc2)cc1C(=O)O)c1ccccc1. The van der Waals surface area contributed by atoms with E-state index in [2.05, 4.69) is 5.32 Å². The largest absolute Gasteiger partial charge is 0.478 e. The molecule has 0 atom stereocenters. The first-order valence-electron chi connectivity index (χ1n) is 8.10. The predicted octanol–water partition coefficient (Wildman–Crippen LogP) is 4.81. The maximum Gasteiger partial charge on any atom is 0.337 e. The maximum absolute atomic E-state index is 12.3. The van der Waals surface area contributed by atoms with Gasteiger partial charge in [-0.25, -0.2) is 4.79 Å². The third-order valence-corrected chi connectivity index (χ3v) is 3.83. The van der Waals surface area contributed by atoms with E-state index in [0.717, 1.165) is 11.1 Å². The van der Waals surface area contributed by atoms with Gasteiger partial charge in [-0.3, -0.25) is 4.79 Å². The summed E-state index contributed by atoms with van der Waals surface area (Å²) in [6.07, 6.45) is 3.74. The molecule has 0 bridgehead atoms. The molecule has 3 aromatic rings. The Morgan fingerprint density at radius 2 is 1.38 bits per heavy atom. The first kappa shape index (κ1) is 17.2. The molecule has 0 saturated heterocycles. The van der Waals surface area contributed by atoms with Gasteiger partial charge in [0.2, 0.25) is 0 Å². The van der Waals surface area contributed by atoms with Gasteiger partial charge >= 0.3 is 5.97 Å². The summed E-state index contributed by atoms with van der Waals surface area (Å²) in [4.78, 5) is 23.9. The average molecular weight is 343 g/mol. The normalized spacial score (nSPS) is 10.6. The Bertz CT molecular complexity index is 948. The number of carboxylic acid groups (broad SMARTS) is 1. The van der Waals surface area contributed by atoms with Gasteiger partial charge < -0.3 is 10.4 Å². The number of amides is 1. The second-order valence-electron chi connectivity index (χ2n) is 5.67. The smallest absolute Gasteiger partial charge is 0.337 e. The van der Waals surface area contributed by atoms with Crippen LogP contribution >= 0.6 is 0 Å². The topological polar surface area (TPSA) is 66.4 Å². The Balaban J connectivity index is 1.84. The fraction of sp³-hybridized carbons (Fsp3) is 0. The van der Waals surface area contributed by atoms with Crippen LogP contribution in [0, 0.1) is 0 Å². The second kappa shape index (κ2) is 7.94. The van der Waals surface area contributed by atoms with Crippen molar-refractivity contribution in [3.8, 4) is 0 Å². The van der Waals surface area contributed by atoms with Crippen molar-refractivity contribution in [2.24, 2.45) is 0 Å². The highest BCUT2D eigenvalue weighted by atomic mass is 16.4. The molecule has 1 amide bonds. The molecular formula is C22H17NO3. The predicted molar refractivity (Wildman–Crippen MR) is 103 cm³/mol. The van der Waals surface area contributed by atoms with Gasteiger partial charge in [0.05, 0.1) is 11.3 Å². The minimum Gasteiger partial charge on any atom is -0.478 e. The number of carbonyl (C=O) groups is 2. The Hall–Kier alpha value is -3.66. The number of carboxylic acids is 1. The number of nitrogens with one attached hydrogen (secondary N) is 1. The highest BCUT2D eigenvalue weighted by molar-refractivity contribution is 6.08. The van der Waals surface area contributed by atoms with Gasteiger partial charge in [0.1, 0.15) is 0 Å². The van der Waals surface area contributed by atoms with Gasteiger partial charge in [0.25, 0.3) is 5.91 Å². The number of hydrogen-bond acceptors (Lipinski definition) is 2. The molecule has 0 saturated carbocycles. The van der Waals surface area contributed by atoms with Gasteiger partial charge in [-0.05, 0) is 35.4 Å². The minimum absolute atomic E-state index is 0.0458. The van der Waals surface area contributed by atoms with Crippen LogP contribution in [0.4, 0.5) is 5.69 Å². The number of aromatic carboxylic acids is 1.